The Labute approximate surface area is 142 Å². The first-order chi connectivity index (χ1) is 11.4. The van der Waals surface area contributed by atoms with Crippen LogP contribution in [0.1, 0.15) is 43.9 Å². The Morgan fingerprint density at radius 1 is 1.21 bits per heavy atom. The van der Waals surface area contributed by atoms with Crippen molar-refractivity contribution in [2.75, 3.05) is 20.3 Å². The molecule has 0 fully saturated rings. The molecule has 1 heterocycles. The van der Waals surface area contributed by atoms with Crippen molar-refractivity contribution in [1.82, 2.24) is 10.6 Å². The summed E-state index contributed by atoms with van der Waals surface area (Å²) < 4.78 is 10.1. The van der Waals surface area contributed by atoms with E-state index in [0.717, 1.165) is 5.56 Å². The Hall–Kier alpha value is -2.34. The molecule has 0 aliphatic carbocycles. The number of allylic oxidation sites excluding steroid dienone is 1. The molecule has 6 heteroatoms. The van der Waals surface area contributed by atoms with Crippen molar-refractivity contribution >= 4 is 12.0 Å². The number of hydrogen-bond donors (Lipinski definition) is 2. The molecule has 0 aromatic heterocycles. The van der Waals surface area contributed by atoms with Gasteiger partial charge in [0.1, 0.15) is 6.61 Å². The van der Waals surface area contributed by atoms with Crippen LogP contribution in [0.3, 0.4) is 0 Å². The average Bonchev–Trinajstić information content (AvgIpc) is 2.54. The third-order valence-electron chi connectivity index (χ3n) is 3.95. The van der Waals surface area contributed by atoms with Gasteiger partial charge in [-0.1, -0.05) is 38.1 Å². The molecule has 2 rings (SSSR count). The number of benzene rings is 1. The highest BCUT2D eigenvalue weighted by Crippen LogP contribution is 2.28. The highest BCUT2D eigenvalue weighted by atomic mass is 16.6. The smallest absolute Gasteiger partial charge is 0.338 e. The fourth-order valence-corrected chi connectivity index (χ4v) is 2.58. The minimum Gasteiger partial charge on any atom is -0.460 e. The summed E-state index contributed by atoms with van der Waals surface area (Å²) in [4.78, 5) is 24.3. The van der Waals surface area contributed by atoms with Gasteiger partial charge >= 0.3 is 12.0 Å². The van der Waals surface area contributed by atoms with E-state index in [1.807, 2.05) is 24.3 Å². The largest absolute Gasteiger partial charge is 0.460 e. The second-order valence-corrected chi connectivity index (χ2v) is 6.02. The van der Waals surface area contributed by atoms with Crippen LogP contribution in [0.25, 0.3) is 0 Å². The molecule has 1 aromatic carbocycles. The Balaban J connectivity index is 2.28. The standard InChI is InChI=1S/C18H24N2O4/c1-11(2)13-5-7-14(8-6-13)16-15(12(3)19-18(22)20-16)17(21)24-10-9-23-4/h5-8,11,16H,9-10H2,1-4H3,(H2,19,20,22). The molecule has 1 aliphatic heterocycles. The zero-order chi connectivity index (χ0) is 17.7. The van der Waals surface area contributed by atoms with Crippen LogP contribution >= 0.6 is 0 Å². The summed E-state index contributed by atoms with van der Waals surface area (Å²) in [5.41, 5.74) is 2.94. The number of hydrogen-bond acceptors (Lipinski definition) is 4. The zero-order valence-corrected chi connectivity index (χ0v) is 14.5. The lowest BCUT2D eigenvalue weighted by molar-refractivity contribution is -0.140. The van der Waals surface area contributed by atoms with Gasteiger partial charge in [0.2, 0.25) is 0 Å². The van der Waals surface area contributed by atoms with E-state index in [1.165, 1.54) is 5.56 Å². The summed E-state index contributed by atoms with van der Waals surface area (Å²) in [6.07, 6.45) is 0. The predicted octanol–water partition coefficient (Wildman–Crippen LogP) is 2.63. The van der Waals surface area contributed by atoms with Gasteiger partial charge in [-0.2, -0.15) is 0 Å². The lowest BCUT2D eigenvalue weighted by Gasteiger charge is -2.28. The molecule has 1 unspecified atom stereocenters. The Morgan fingerprint density at radius 3 is 2.46 bits per heavy atom. The molecule has 0 radical (unpaired) electrons. The molecule has 24 heavy (non-hydrogen) atoms. The monoisotopic (exact) mass is 332 g/mol. The zero-order valence-electron chi connectivity index (χ0n) is 14.5. The molecular formula is C18H24N2O4. The van der Waals surface area contributed by atoms with Crippen molar-refractivity contribution in [2.24, 2.45) is 0 Å². The summed E-state index contributed by atoms with van der Waals surface area (Å²) in [5.74, 6) is -0.0487. The van der Waals surface area contributed by atoms with Crippen molar-refractivity contribution in [3.05, 3.63) is 46.7 Å². The fourth-order valence-electron chi connectivity index (χ4n) is 2.58. The van der Waals surface area contributed by atoms with Gasteiger partial charge in [0.05, 0.1) is 18.2 Å². The average molecular weight is 332 g/mol. The summed E-state index contributed by atoms with van der Waals surface area (Å²) in [5, 5.41) is 5.42. The maximum atomic E-state index is 12.4. The Morgan fingerprint density at radius 2 is 1.88 bits per heavy atom. The van der Waals surface area contributed by atoms with Gasteiger partial charge in [0, 0.05) is 12.8 Å². The fraction of sp³-hybridized carbons (Fsp3) is 0.444. The van der Waals surface area contributed by atoms with Crippen LogP contribution < -0.4 is 10.6 Å². The van der Waals surface area contributed by atoms with Crippen LogP contribution in [0.2, 0.25) is 0 Å². The molecule has 130 valence electrons. The van der Waals surface area contributed by atoms with Crippen molar-refractivity contribution in [1.29, 1.82) is 0 Å². The number of urea groups is 1. The van der Waals surface area contributed by atoms with Crippen molar-refractivity contribution < 1.29 is 19.1 Å². The van der Waals surface area contributed by atoms with Gasteiger partial charge in [0.25, 0.3) is 0 Å². The van der Waals surface area contributed by atoms with Crippen LogP contribution in [-0.4, -0.2) is 32.3 Å². The van der Waals surface area contributed by atoms with Gasteiger partial charge < -0.3 is 20.1 Å². The van der Waals surface area contributed by atoms with Gasteiger partial charge in [-0.15, -0.1) is 0 Å². The summed E-state index contributed by atoms with van der Waals surface area (Å²) in [6.45, 7) is 6.42. The maximum Gasteiger partial charge on any atom is 0.338 e. The van der Waals surface area contributed by atoms with E-state index in [1.54, 1.807) is 14.0 Å². The number of carbonyl (C=O) groups excluding carboxylic acids is 2. The van der Waals surface area contributed by atoms with Gasteiger partial charge in [-0.05, 0) is 24.0 Å². The van der Waals surface area contributed by atoms with Gasteiger partial charge in [-0.25, -0.2) is 9.59 Å². The molecule has 1 aromatic rings. The number of methoxy groups -OCH3 is 1. The molecule has 0 spiro atoms. The molecule has 1 aliphatic rings. The molecule has 0 saturated carbocycles. The topological polar surface area (TPSA) is 76.7 Å². The SMILES string of the molecule is COCCOC(=O)C1=C(C)NC(=O)NC1c1ccc(C(C)C)cc1. The van der Waals surface area contributed by atoms with E-state index >= 15 is 0 Å². The minimum atomic E-state index is -0.532. The van der Waals surface area contributed by atoms with E-state index < -0.39 is 12.0 Å². The van der Waals surface area contributed by atoms with Crippen LogP contribution in [0, 0.1) is 0 Å². The first-order valence-electron chi connectivity index (χ1n) is 7.98. The first kappa shape index (κ1) is 18.0. The van der Waals surface area contributed by atoms with Gasteiger partial charge in [0.15, 0.2) is 0 Å². The number of nitrogens with one attached hydrogen (secondary N) is 2. The predicted molar refractivity (Wildman–Crippen MR) is 90.5 cm³/mol. The quantitative estimate of drug-likeness (QED) is 0.620. The molecule has 0 bridgehead atoms. The first-order valence-corrected chi connectivity index (χ1v) is 7.98. The lowest BCUT2D eigenvalue weighted by atomic mass is 9.93. The molecule has 1 atom stereocenters. The van der Waals surface area contributed by atoms with Crippen molar-refractivity contribution in [3.63, 3.8) is 0 Å². The van der Waals surface area contributed by atoms with E-state index in [2.05, 4.69) is 24.5 Å². The number of esters is 1. The molecular weight excluding hydrogens is 308 g/mol. The Bertz CT molecular complexity index is 635. The van der Waals surface area contributed by atoms with E-state index in [9.17, 15) is 9.59 Å². The third-order valence-corrected chi connectivity index (χ3v) is 3.95. The van der Waals surface area contributed by atoms with Crippen LogP contribution in [0.5, 0.6) is 0 Å². The summed E-state index contributed by atoms with van der Waals surface area (Å²) >= 11 is 0. The van der Waals surface area contributed by atoms with Crippen molar-refractivity contribution in [3.8, 4) is 0 Å². The minimum absolute atomic E-state index is 0.166. The number of carbonyl (C=O) groups is 2. The summed E-state index contributed by atoms with van der Waals surface area (Å²) in [6, 6.07) is 7.02. The normalized spacial score (nSPS) is 17.5. The Kier molecular flexibility index (Phi) is 5.98. The summed E-state index contributed by atoms with van der Waals surface area (Å²) in [7, 11) is 1.54. The molecule has 2 N–H and O–H groups in total. The van der Waals surface area contributed by atoms with Crippen molar-refractivity contribution in [2.45, 2.75) is 32.7 Å². The number of amides is 2. The van der Waals surface area contributed by atoms with E-state index in [4.69, 9.17) is 9.47 Å². The van der Waals surface area contributed by atoms with E-state index in [-0.39, 0.29) is 12.6 Å². The maximum absolute atomic E-state index is 12.4. The number of ether oxygens (including phenoxy) is 2. The number of rotatable bonds is 6. The highest BCUT2D eigenvalue weighted by Gasteiger charge is 2.32. The third kappa shape index (κ3) is 4.14. The van der Waals surface area contributed by atoms with E-state index in [0.29, 0.717) is 23.8 Å². The van der Waals surface area contributed by atoms with Gasteiger partial charge in [-0.3, -0.25) is 0 Å². The highest BCUT2D eigenvalue weighted by molar-refractivity contribution is 5.95. The van der Waals surface area contributed by atoms with Crippen LogP contribution in [0.4, 0.5) is 4.79 Å². The second kappa shape index (κ2) is 7.97. The molecule has 2 amide bonds. The second-order valence-electron chi connectivity index (χ2n) is 6.02. The molecule has 0 saturated heterocycles. The molecule has 6 nitrogen and oxygen atoms in total. The van der Waals surface area contributed by atoms with Crippen LogP contribution in [-0.2, 0) is 14.3 Å². The lowest BCUT2D eigenvalue weighted by Crippen LogP contribution is -2.45. The van der Waals surface area contributed by atoms with Crippen LogP contribution in [0.15, 0.2) is 35.5 Å².